The molecular weight excluding hydrogens is 298 g/mol. The smallest absolute Gasteiger partial charge is 0.407 e. The van der Waals surface area contributed by atoms with Crippen LogP contribution in [-0.2, 0) is 9.59 Å². The van der Waals surface area contributed by atoms with E-state index >= 15 is 0 Å². The molecule has 0 saturated carbocycles. The van der Waals surface area contributed by atoms with Crippen molar-refractivity contribution in [3.8, 4) is 0 Å². The van der Waals surface area contributed by atoms with E-state index in [1.54, 1.807) is 0 Å². The molecule has 3 rings (SSSR count). The van der Waals surface area contributed by atoms with Crippen LogP contribution < -0.4 is 10.6 Å². The van der Waals surface area contributed by atoms with Gasteiger partial charge in [0.2, 0.25) is 11.8 Å². The van der Waals surface area contributed by atoms with Crippen molar-refractivity contribution in [2.45, 2.75) is 31.2 Å². The van der Waals surface area contributed by atoms with Crippen LogP contribution in [0.4, 0.5) is 10.5 Å². The Labute approximate surface area is 133 Å². The lowest BCUT2D eigenvalue weighted by atomic mass is 9.89. The average Bonchev–Trinajstić information content (AvgIpc) is 2.85. The molecule has 23 heavy (non-hydrogen) atoms. The van der Waals surface area contributed by atoms with Crippen LogP contribution in [0.3, 0.4) is 0 Å². The van der Waals surface area contributed by atoms with Gasteiger partial charge in [0.05, 0.1) is 6.42 Å². The number of nitrogens with one attached hydrogen (secondary N) is 2. The molecule has 2 aliphatic heterocycles. The van der Waals surface area contributed by atoms with Gasteiger partial charge in [-0.25, -0.2) is 4.79 Å². The molecule has 0 radical (unpaired) electrons. The van der Waals surface area contributed by atoms with Gasteiger partial charge < -0.3 is 15.3 Å². The number of hydrogen-bond donors (Lipinski definition) is 3. The highest BCUT2D eigenvalue weighted by Gasteiger charge is 2.30. The number of anilines is 1. The quantitative estimate of drug-likeness (QED) is 0.731. The zero-order valence-corrected chi connectivity index (χ0v) is 12.6. The second-order valence-electron chi connectivity index (χ2n) is 5.98. The molecule has 1 aromatic carbocycles. The third-order valence-corrected chi connectivity index (χ3v) is 4.43. The highest BCUT2D eigenvalue weighted by atomic mass is 16.4. The number of imide groups is 1. The third-order valence-electron chi connectivity index (χ3n) is 4.43. The molecule has 0 spiro atoms. The number of hydrogen-bond acceptors (Lipinski definition) is 4. The topological polar surface area (TPSA) is 98.7 Å². The minimum Gasteiger partial charge on any atom is -0.465 e. The lowest BCUT2D eigenvalue weighted by Gasteiger charge is -2.30. The van der Waals surface area contributed by atoms with E-state index in [0.717, 1.165) is 24.1 Å². The van der Waals surface area contributed by atoms with Crippen LogP contribution in [0.25, 0.3) is 0 Å². The molecule has 122 valence electrons. The summed E-state index contributed by atoms with van der Waals surface area (Å²) < 4.78 is 0. The molecule has 7 nitrogen and oxygen atoms in total. The summed E-state index contributed by atoms with van der Waals surface area (Å²) in [7, 11) is 0. The Bertz CT molecular complexity index is 638. The second-order valence-corrected chi connectivity index (χ2v) is 5.98. The van der Waals surface area contributed by atoms with Crippen molar-refractivity contribution in [2.24, 2.45) is 0 Å². The standard InChI is InChI=1S/C16H19N3O4/c20-14-9-13(15(21)18-14)17-12-3-1-2-11(8-12)10-4-6-19(7-5-10)16(22)23/h1-3,8,10,13,17H,4-7,9H2,(H,22,23)(H,18,20,21)/t13-/m0/s1. The van der Waals surface area contributed by atoms with E-state index in [4.69, 9.17) is 5.11 Å². The largest absolute Gasteiger partial charge is 0.465 e. The first-order valence-electron chi connectivity index (χ1n) is 7.71. The van der Waals surface area contributed by atoms with E-state index in [-0.39, 0.29) is 18.2 Å². The molecule has 0 unspecified atom stereocenters. The van der Waals surface area contributed by atoms with E-state index < -0.39 is 12.1 Å². The molecule has 0 aromatic heterocycles. The number of piperidine rings is 1. The van der Waals surface area contributed by atoms with E-state index in [0.29, 0.717) is 19.0 Å². The van der Waals surface area contributed by atoms with Crippen molar-refractivity contribution in [3.63, 3.8) is 0 Å². The fraction of sp³-hybridized carbons (Fsp3) is 0.438. The number of amides is 3. The van der Waals surface area contributed by atoms with Gasteiger partial charge in [-0.2, -0.15) is 0 Å². The molecule has 3 amide bonds. The highest BCUT2D eigenvalue weighted by Crippen LogP contribution is 2.29. The van der Waals surface area contributed by atoms with Crippen LogP contribution in [0, 0.1) is 0 Å². The van der Waals surface area contributed by atoms with Crippen molar-refractivity contribution in [3.05, 3.63) is 29.8 Å². The summed E-state index contributed by atoms with van der Waals surface area (Å²) in [5.41, 5.74) is 1.93. The van der Waals surface area contributed by atoms with Crippen molar-refractivity contribution >= 4 is 23.6 Å². The molecule has 2 fully saturated rings. The fourth-order valence-corrected chi connectivity index (χ4v) is 3.16. The summed E-state index contributed by atoms with van der Waals surface area (Å²) >= 11 is 0. The molecule has 2 aliphatic rings. The summed E-state index contributed by atoms with van der Waals surface area (Å²) in [6.45, 7) is 1.08. The molecule has 1 aromatic rings. The third kappa shape index (κ3) is 3.44. The first kappa shape index (κ1) is 15.3. The predicted molar refractivity (Wildman–Crippen MR) is 83.2 cm³/mol. The van der Waals surface area contributed by atoms with E-state index in [9.17, 15) is 14.4 Å². The summed E-state index contributed by atoms with van der Waals surface area (Å²) in [5.74, 6) is -0.244. The van der Waals surface area contributed by atoms with Crippen molar-refractivity contribution in [2.75, 3.05) is 18.4 Å². The molecule has 0 bridgehead atoms. The van der Waals surface area contributed by atoms with Crippen molar-refractivity contribution in [1.29, 1.82) is 0 Å². The summed E-state index contributed by atoms with van der Waals surface area (Å²) in [6, 6.07) is 7.26. The van der Waals surface area contributed by atoms with Gasteiger partial charge in [0.15, 0.2) is 0 Å². The summed E-state index contributed by atoms with van der Waals surface area (Å²) in [5, 5.41) is 14.4. The zero-order chi connectivity index (χ0) is 16.4. The van der Waals surface area contributed by atoms with Crippen LogP contribution in [0.1, 0.15) is 30.7 Å². The van der Waals surface area contributed by atoms with E-state index in [1.165, 1.54) is 4.90 Å². The van der Waals surface area contributed by atoms with E-state index in [1.807, 2.05) is 24.3 Å². The van der Waals surface area contributed by atoms with Crippen LogP contribution in [0.2, 0.25) is 0 Å². The number of carbonyl (C=O) groups excluding carboxylic acids is 2. The molecule has 2 saturated heterocycles. The lowest BCUT2D eigenvalue weighted by molar-refractivity contribution is -0.124. The Morgan fingerprint density at radius 3 is 2.61 bits per heavy atom. The number of nitrogens with zero attached hydrogens (tertiary/aromatic N) is 1. The molecule has 2 heterocycles. The lowest BCUT2D eigenvalue weighted by Crippen LogP contribution is -2.36. The number of benzene rings is 1. The van der Waals surface area contributed by atoms with Gasteiger partial charge in [-0.05, 0) is 36.5 Å². The number of rotatable bonds is 3. The zero-order valence-electron chi connectivity index (χ0n) is 12.6. The highest BCUT2D eigenvalue weighted by molar-refractivity contribution is 6.06. The Hall–Kier alpha value is -2.57. The maximum atomic E-state index is 11.6. The number of carbonyl (C=O) groups is 3. The minimum absolute atomic E-state index is 0.153. The van der Waals surface area contributed by atoms with E-state index in [2.05, 4.69) is 10.6 Å². The van der Waals surface area contributed by atoms with Crippen molar-refractivity contribution < 1.29 is 19.5 Å². The minimum atomic E-state index is -0.865. The SMILES string of the molecule is O=C1C[C@H](Nc2cccc(C3CCN(C(=O)O)CC3)c2)C(=O)N1. The van der Waals surface area contributed by atoms with Crippen molar-refractivity contribution in [1.82, 2.24) is 10.2 Å². The van der Waals surface area contributed by atoms with Gasteiger partial charge in [-0.1, -0.05) is 12.1 Å². The van der Waals surface area contributed by atoms with Gasteiger partial charge in [0.1, 0.15) is 6.04 Å². The van der Waals surface area contributed by atoms with Crippen LogP contribution >= 0.6 is 0 Å². The number of carboxylic acid groups (broad SMARTS) is 1. The predicted octanol–water partition coefficient (Wildman–Crippen LogP) is 1.37. The monoisotopic (exact) mass is 317 g/mol. The Morgan fingerprint density at radius 1 is 1.26 bits per heavy atom. The molecular formula is C16H19N3O4. The van der Waals surface area contributed by atoms with Gasteiger partial charge in [-0.15, -0.1) is 0 Å². The fourth-order valence-electron chi connectivity index (χ4n) is 3.16. The Balaban J connectivity index is 1.65. The van der Waals surface area contributed by atoms with Gasteiger partial charge >= 0.3 is 6.09 Å². The molecule has 0 aliphatic carbocycles. The Kier molecular flexibility index (Phi) is 4.18. The second kappa shape index (κ2) is 6.28. The van der Waals surface area contributed by atoms with Gasteiger partial charge in [-0.3, -0.25) is 14.9 Å². The first-order valence-corrected chi connectivity index (χ1v) is 7.71. The normalized spacial score (nSPS) is 22.1. The molecule has 7 heteroatoms. The summed E-state index contributed by atoms with van der Waals surface area (Å²) in [6.07, 6.45) is 0.867. The van der Waals surface area contributed by atoms with Crippen LogP contribution in [0.5, 0.6) is 0 Å². The maximum absolute atomic E-state index is 11.6. The Morgan fingerprint density at radius 2 is 2.00 bits per heavy atom. The first-order chi connectivity index (χ1) is 11.0. The molecule has 3 N–H and O–H groups in total. The summed E-state index contributed by atoms with van der Waals surface area (Å²) in [4.78, 5) is 35.2. The van der Waals surface area contributed by atoms with Crippen LogP contribution in [-0.4, -0.2) is 47.0 Å². The van der Waals surface area contributed by atoms with Gasteiger partial charge in [0.25, 0.3) is 0 Å². The maximum Gasteiger partial charge on any atom is 0.407 e. The number of likely N-dealkylation sites (tertiary alicyclic amines) is 1. The van der Waals surface area contributed by atoms with Crippen LogP contribution in [0.15, 0.2) is 24.3 Å². The average molecular weight is 317 g/mol. The van der Waals surface area contributed by atoms with Gasteiger partial charge in [0, 0.05) is 18.8 Å². The molecule has 1 atom stereocenters.